The number of ether oxygens (including phenoxy) is 1. The van der Waals surface area contributed by atoms with Crippen molar-refractivity contribution in [2.75, 3.05) is 32.8 Å². The van der Waals surface area contributed by atoms with E-state index in [1.807, 2.05) is 20.8 Å². The number of ketones is 1. The highest BCUT2D eigenvalue weighted by atomic mass is 19.1. The smallest absolute Gasteiger partial charge is 0.295 e. The number of Topliss-reactive ketones (excluding diaryl/α,β-unsaturated/α-hetero) is 1. The predicted octanol–water partition coefficient (Wildman–Crippen LogP) is 3.99. The second-order valence-corrected chi connectivity index (χ2v) is 7.53. The number of rotatable bonds is 9. The number of halogens is 1. The fourth-order valence-corrected chi connectivity index (χ4v) is 3.92. The Bertz CT molecular complexity index is 982. The number of likely N-dealkylation sites (N-methyl/N-ethyl adjacent to an activating group) is 1. The quantitative estimate of drug-likeness (QED) is 0.363. The number of carbonyl (C=O) groups excluding carboxylic acids is 2. The summed E-state index contributed by atoms with van der Waals surface area (Å²) in [7, 11) is 0. The van der Waals surface area contributed by atoms with Crippen molar-refractivity contribution in [1.82, 2.24) is 9.80 Å². The lowest BCUT2D eigenvalue weighted by molar-refractivity contribution is -0.140. The molecule has 0 saturated carbocycles. The van der Waals surface area contributed by atoms with E-state index < -0.39 is 23.5 Å². The second-order valence-electron chi connectivity index (χ2n) is 7.53. The number of hydrogen-bond donors (Lipinski definition) is 1. The van der Waals surface area contributed by atoms with E-state index in [0.29, 0.717) is 36.6 Å². The molecular formula is C25H29FN2O4. The molecular weight excluding hydrogens is 411 g/mol. The maximum atomic E-state index is 13.6. The summed E-state index contributed by atoms with van der Waals surface area (Å²) in [5.74, 6) is -1.45. The van der Waals surface area contributed by atoms with Crippen LogP contribution in [0.1, 0.15) is 37.9 Å². The molecule has 0 spiro atoms. The van der Waals surface area contributed by atoms with Gasteiger partial charge in [0.15, 0.2) is 0 Å². The third-order valence-electron chi connectivity index (χ3n) is 5.72. The topological polar surface area (TPSA) is 70.1 Å². The molecule has 2 aromatic rings. The molecule has 6 nitrogen and oxygen atoms in total. The van der Waals surface area contributed by atoms with Crippen LogP contribution in [0.3, 0.4) is 0 Å². The fraction of sp³-hybridized carbons (Fsp3) is 0.360. The van der Waals surface area contributed by atoms with Gasteiger partial charge in [-0.2, -0.15) is 0 Å². The SMILES string of the molecule is CCOc1ccc(/C(O)=C2\C(=O)C(=O)N(CCN(CC)CC)[C@H]2c2ccc(F)cc2)cc1. The molecule has 0 unspecified atom stereocenters. The van der Waals surface area contributed by atoms with E-state index in [1.54, 1.807) is 36.4 Å². The van der Waals surface area contributed by atoms with Crippen molar-refractivity contribution in [2.45, 2.75) is 26.8 Å². The minimum absolute atomic E-state index is 0.00492. The molecule has 1 N–H and O–H groups in total. The van der Waals surface area contributed by atoms with Crippen LogP contribution < -0.4 is 4.74 Å². The summed E-state index contributed by atoms with van der Waals surface area (Å²) in [5.41, 5.74) is 0.977. The average molecular weight is 441 g/mol. The Kier molecular flexibility index (Phi) is 7.64. The first-order chi connectivity index (χ1) is 15.4. The van der Waals surface area contributed by atoms with Crippen LogP contribution in [0.4, 0.5) is 4.39 Å². The Morgan fingerprint density at radius 1 is 1.03 bits per heavy atom. The predicted molar refractivity (Wildman–Crippen MR) is 121 cm³/mol. The van der Waals surface area contributed by atoms with Gasteiger partial charge in [0.2, 0.25) is 0 Å². The summed E-state index contributed by atoms with van der Waals surface area (Å²) in [6, 6.07) is 11.6. The van der Waals surface area contributed by atoms with E-state index >= 15 is 0 Å². The molecule has 1 aliphatic rings. The zero-order chi connectivity index (χ0) is 23.3. The largest absolute Gasteiger partial charge is 0.507 e. The van der Waals surface area contributed by atoms with Crippen LogP contribution in [-0.4, -0.2) is 59.4 Å². The van der Waals surface area contributed by atoms with Gasteiger partial charge in [-0.1, -0.05) is 26.0 Å². The molecule has 1 aliphatic heterocycles. The van der Waals surface area contributed by atoms with E-state index in [9.17, 15) is 19.1 Å². The summed E-state index contributed by atoms with van der Waals surface area (Å²) in [6.45, 7) is 8.96. The van der Waals surface area contributed by atoms with Gasteiger partial charge >= 0.3 is 0 Å². The normalized spacial score (nSPS) is 17.9. The minimum Gasteiger partial charge on any atom is -0.507 e. The molecule has 0 aliphatic carbocycles. The maximum Gasteiger partial charge on any atom is 0.295 e. The first kappa shape index (κ1) is 23.5. The van der Waals surface area contributed by atoms with E-state index in [0.717, 1.165) is 13.1 Å². The number of aliphatic hydroxyl groups is 1. The summed E-state index contributed by atoms with van der Waals surface area (Å²) >= 11 is 0. The monoisotopic (exact) mass is 440 g/mol. The molecule has 0 aromatic heterocycles. The van der Waals surface area contributed by atoms with Crippen molar-refractivity contribution in [1.29, 1.82) is 0 Å². The first-order valence-corrected chi connectivity index (χ1v) is 10.9. The number of likely N-dealkylation sites (tertiary alicyclic amines) is 1. The molecule has 1 heterocycles. The first-order valence-electron chi connectivity index (χ1n) is 10.9. The van der Waals surface area contributed by atoms with Gasteiger partial charge in [-0.25, -0.2) is 4.39 Å². The van der Waals surface area contributed by atoms with Gasteiger partial charge in [-0.3, -0.25) is 9.59 Å². The molecule has 1 amide bonds. The maximum absolute atomic E-state index is 13.6. The number of amides is 1. The highest BCUT2D eigenvalue weighted by molar-refractivity contribution is 6.46. The summed E-state index contributed by atoms with van der Waals surface area (Å²) < 4.78 is 19.0. The molecule has 1 fully saturated rings. The van der Waals surface area contributed by atoms with Crippen LogP contribution in [0.2, 0.25) is 0 Å². The molecule has 1 atom stereocenters. The molecule has 3 rings (SSSR count). The Balaban J connectivity index is 2.05. The second kappa shape index (κ2) is 10.4. The molecule has 7 heteroatoms. The van der Waals surface area contributed by atoms with E-state index in [1.165, 1.54) is 17.0 Å². The Morgan fingerprint density at radius 3 is 2.22 bits per heavy atom. The Hall–Kier alpha value is -3.19. The molecule has 1 saturated heterocycles. The van der Waals surface area contributed by atoms with Crippen molar-refractivity contribution in [3.63, 3.8) is 0 Å². The Morgan fingerprint density at radius 2 is 1.66 bits per heavy atom. The van der Waals surface area contributed by atoms with E-state index in [4.69, 9.17) is 4.74 Å². The van der Waals surface area contributed by atoms with E-state index in [-0.39, 0.29) is 11.3 Å². The van der Waals surface area contributed by atoms with Gasteiger partial charge in [0.05, 0.1) is 18.2 Å². The van der Waals surface area contributed by atoms with Crippen LogP contribution in [0.5, 0.6) is 5.75 Å². The zero-order valence-electron chi connectivity index (χ0n) is 18.7. The lowest BCUT2D eigenvalue weighted by atomic mass is 9.95. The third-order valence-corrected chi connectivity index (χ3v) is 5.72. The van der Waals surface area contributed by atoms with Crippen molar-refractivity contribution in [3.05, 3.63) is 71.0 Å². The van der Waals surface area contributed by atoms with Crippen LogP contribution in [0.25, 0.3) is 5.76 Å². The molecule has 170 valence electrons. The lowest BCUT2D eigenvalue weighted by Gasteiger charge is -2.28. The lowest BCUT2D eigenvalue weighted by Crippen LogP contribution is -2.38. The molecule has 0 radical (unpaired) electrons. The van der Waals surface area contributed by atoms with Crippen LogP contribution >= 0.6 is 0 Å². The van der Waals surface area contributed by atoms with Gasteiger partial charge in [0.1, 0.15) is 17.3 Å². The van der Waals surface area contributed by atoms with Crippen LogP contribution in [-0.2, 0) is 9.59 Å². The fourth-order valence-electron chi connectivity index (χ4n) is 3.92. The molecule has 0 bridgehead atoms. The number of carbonyl (C=O) groups is 2. The van der Waals surface area contributed by atoms with Crippen molar-refractivity contribution < 1.29 is 23.8 Å². The van der Waals surface area contributed by atoms with Crippen molar-refractivity contribution in [2.24, 2.45) is 0 Å². The molecule has 2 aromatic carbocycles. The third kappa shape index (κ3) is 4.83. The zero-order valence-corrected chi connectivity index (χ0v) is 18.7. The minimum atomic E-state index is -0.794. The van der Waals surface area contributed by atoms with E-state index in [2.05, 4.69) is 4.90 Å². The summed E-state index contributed by atoms with van der Waals surface area (Å²) in [5, 5.41) is 11.1. The number of benzene rings is 2. The van der Waals surface area contributed by atoms with Gasteiger partial charge in [-0.15, -0.1) is 0 Å². The van der Waals surface area contributed by atoms with Gasteiger partial charge in [0, 0.05) is 18.7 Å². The van der Waals surface area contributed by atoms with Crippen molar-refractivity contribution in [3.8, 4) is 5.75 Å². The summed E-state index contributed by atoms with van der Waals surface area (Å²) in [6.07, 6.45) is 0. The van der Waals surface area contributed by atoms with Crippen molar-refractivity contribution >= 4 is 17.4 Å². The van der Waals surface area contributed by atoms with Crippen LogP contribution in [0.15, 0.2) is 54.1 Å². The van der Waals surface area contributed by atoms with Gasteiger partial charge in [-0.05, 0) is 62.0 Å². The Labute approximate surface area is 187 Å². The molecule has 32 heavy (non-hydrogen) atoms. The average Bonchev–Trinajstić information content (AvgIpc) is 3.05. The number of nitrogens with zero attached hydrogens (tertiary/aromatic N) is 2. The standard InChI is InChI=1S/C25H29FN2O4/c1-4-27(5-2)15-16-28-22(17-7-11-19(26)12-8-17)21(24(30)25(28)31)23(29)18-9-13-20(14-10-18)32-6-3/h7-14,22,29H,4-6,15-16H2,1-3H3/b23-21+/t22-/m0/s1. The number of aliphatic hydroxyl groups excluding tert-OH is 1. The highest BCUT2D eigenvalue weighted by Gasteiger charge is 2.45. The van der Waals surface area contributed by atoms with Crippen LogP contribution in [0, 0.1) is 5.82 Å². The highest BCUT2D eigenvalue weighted by Crippen LogP contribution is 2.39. The van der Waals surface area contributed by atoms with Gasteiger partial charge in [0.25, 0.3) is 11.7 Å². The summed E-state index contributed by atoms with van der Waals surface area (Å²) in [4.78, 5) is 29.6. The van der Waals surface area contributed by atoms with Gasteiger partial charge < -0.3 is 19.6 Å². The number of hydrogen-bond acceptors (Lipinski definition) is 5.